The molecule has 1 amide bonds. The average molecular weight is 410 g/mol. The number of halogens is 1. The Hall–Kier alpha value is -2.69. The number of carbonyl (C=O) groups excluding carboxylic acids is 1. The van der Waals surface area contributed by atoms with E-state index >= 15 is 0 Å². The molecule has 0 radical (unpaired) electrons. The first-order valence-corrected chi connectivity index (χ1v) is 9.83. The second-order valence-corrected chi connectivity index (χ2v) is 7.91. The fourth-order valence-electron chi connectivity index (χ4n) is 2.74. The Bertz CT molecular complexity index is 990. The number of benzene rings is 2. The molecule has 10 heteroatoms. The maximum Gasteiger partial charge on any atom is 0.255 e. The Morgan fingerprint density at radius 1 is 1.21 bits per heavy atom. The number of amides is 1. The second kappa shape index (κ2) is 8.13. The maximum atomic E-state index is 14.2. The Morgan fingerprint density at radius 3 is 2.57 bits per heavy atom. The summed E-state index contributed by atoms with van der Waals surface area (Å²) in [7, 11) is -2.70. The number of hydrogen-bond donors (Lipinski definition) is 2. The molecular weight excluding hydrogens is 391 g/mol. The van der Waals surface area contributed by atoms with Crippen LogP contribution < -0.4 is 10.1 Å². The third kappa shape index (κ3) is 4.08. The zero-order chi connectivity index (χ0) is 20.3. The van der Waals surface area contributed by atoms with Crippen molar-refractivity contribution in [3.8, 4) is 11.5 Å². The molecule has 1 heterocycles. The third-order valence-electron chi connectivity index (χ3n) is 4.22. The number of carbonyl (C=O) groups is 1. The largest absolute Gasteiger partial charge is 0.504 e. The Labute approximate surface area is 161 Å². The van der Waals surface area contributed by atoms with Crippen LogP contribution >= 0.6 is 0 Å². The van der Waals surface area contributed by atoms with Gasteiger partial charge in [0, 0.05) is 30.4 Å². The number of sulfonamides is 1. The summed E-state index contributed by atoms with van der Waals surface area (Å²) in [5, 5.41) is 12.3. The lowest BCUT2D eigenvalue weighted by Crippen LogP contribution is -2.41. The molecule has 2 aromatic carbocycles. The highest BCUT2D eigenvalue weighted by molar-refractivity contribution is 7.89. The molecule has 1 aliphatic rings. The van der Waals surface area contributed by atoms with Gasteiger partial charge in [-0.15, -0.1) is 0 Å². The fourth-order valence-corrected chi connectivity index (χ4v) is 4.24. The third-order valence-corrected chi connectivity index (χ3v) is 6.13. The molecule has 1 aliphatic heterocycles. The van der Waals surface area contributed by atoms with Crippen molar-refractivity contribution in [2.24, 2.45) is 0 Å². The van der Waals surface area contributed by atoms with E-state index in [4.69, 9.17) is 9.47 Å². The summed E-state index contributed by atoms with van der Waals surface area (Å²) in [5.74, 6) is -1.53. The molecule has 2 aromatic rings. The molecule has 2 N–H and O–H groups in total. The van der Waals surface area contributed by atoms with Crippen LogP contribution in [-0.2, 0) is 14.8 Å². The van der Waals surface area contributed by atoms with Gasteiger partial charge >= 0.3 is 0 Å². The smallest absolute Gasteiger partial charge is 0.255 e. The van der Waals surface area contributed by atoms with Gasteiger partial charge in [0.2, 0.25) is 10.0 Å². The summed E-state index contributed by atoms with van der Waals surface area (Å²) in [5.41, 5.74) is 0.230. The quantitative estimate of drug-likeness (QED) is 0.779. The lowest BCUT2D eigenvalue weighted by molar-refractivity contribution is 0.0729. The molecule has 1 fully saturated rings. The first-order chi connectivity index (χ1) is 13.3. The predicted molar refractivity (Wildman–Crippen MR) is 98.6 cm³/mol. The van der Waals surface area contributed by atoms with Gasteiger partial charge in [-0.1, -0.05) is 0 Å². The van der Waals surface area contributed by atoms with Gasteiger partial charge < -0.3 is 19.9 Å². The van der Waals surface area contributed by atoms with E-state index in [1.165, 1.54) is 31.4 Å². The van der Waals surface area contributed by atoms with Gasteiger partial charge in [0.15, 0.2) is 11.5 Å². The fraction of sp³-hybridized carbons (Fsp3) is 0.278. The number of aromatic hydroxyl groups is 1. The second-order valence-electron chi connectivity index (χ2n) is 6.00. The van der Waals surface area contributed by atoms with E-state index in [1.54, 1.807) is 0 Å². The van der Waals surface area contributed by atoms with E-state index in [9.17, 15) is 22.7 Å². The number of nitrogens with zero attached hydrogens (tertiary/aromatic N) is 1. The number of hydrogen-bond acceptors (Lipinski definition) is 6. The highest BCUT2D eigenvalue weighted by atomic mass is 32.2. The molecule has 0 saturated carbocycles. The standard InChI is InChI=1S/C18H19FN2O6S/c1-26-16-5-3-13(11-15(16)22)20-18(23)12-2-4-14(19)17(10-12)28(24,25)21-6-8-27-9-7-21/h2-5,10-11,22H,6-9H2,1H3,(H,20,23). The van der Waals surface area contributed by atoms with Gasteiger partial charge in [0.25, 0.3) is 5.91 Å². The molecule has 0 unspecified atom stereocenters. The highest BCUT2D eigenvalue weighted by Gasteiger charge is 2.29. The molecule has 28 heavy (non-hydrogen) atoms. The van der Waals surface area contributed by atoms with Crippen molar-refractivity contribution in [1.82, 2.24) is 4.31 Å². The van der Waals surface area contributed by atoms with Crippen molar-refractivity contribution in [1.29, 1.82) is 0 Å². The van der Waals surface area contributed by atoms with Crippen molar-refractivity contribution in [3.63, 3.8) is 0 Å². The zero-order valence-corrected chi connectivity index (χ0v) is 15.8. The minimum Gasteiger partial charge on any atom is -0.504 e. The first kappa shape index (κ1) is 20.1. The van der Waals surface area contributed by atoms with E-state index in [0.29, 0.717) is 0 Å². The topological polar surface area (TPSA) is 105 Å². The molecule has 0 aliphatic carbocycles. The minimum atomic E-state index is -4.10. The summed E-state index contributed by atoms with van der Waals surface area (Å²) >= 11 is 0. The van der Waals surface area contributed by atoms with Gasteiger partial charge in [-0.05, 0) is 30.3 Å². The molecule has 0 atom stereocenters. The molecule has 3 rings (SSSR count). The van der Waals surface area contributed by atoms with Gasteiger partial charge in [-0.2, -0.15) is 4.31 Å². The van der Waals surface area contributed by atoms with Crippen LogP contribution in [0.3, 0.4) is 0 Å². The van der Waals surface area contributed by atoms with Crippen molar-refractivity contribution in [3.05, 3.63) is 47.8 Å². The van der Waals surface area contributed by atoms with Gasteiger partial charge in [0.1, 0.15) is 10.7 Å². The van der Waals surface area contributed by atoms with Crippen LogP contribution in [0.5, 0.6) is 11.5 Å². The van der Waals surface area contributed by atoms with E-state index in [-0.39, 0.29) is 49.1 Å². The van der Waals surface area contributed by atoms with Crippen LogP contribution in [0.15, 0.2) is 41.3 Å². The predicted octanol–water partition coefficient (Wildman–Crippen LogP) is 1.81. The number of anilines is 1. The number of nitrogens with one attached hydrogen (secondary N) is 1. The lowest BCUT2D eigenvalue weighted by Gasteiger charge is -2.26. The van der Waals surface area contributed by atoms with Crippen molar-refractivity contribution in [2.45, 2.75) is 4.90 Å². The van der Waals surface area contributed by atoms with Crippen molar-refractivity contribution in [2.75, 3.05) is 38.7 Å². The molecule has 8 nitrogen and oxygen atoms in total. The number of phenols is 1. The summed E-state index contributed by atoms with van der Waals surface area (Å²) < 4.78 is 50.8. The number of rotatable bonds is 5. The lowest BCUT2D eigenvalue weighted by atomic mass is 10.2. The normalized spacial score (nSPS) is 15.2. The van der Waals surface area contributed by atoms with Crippen LogP contribution in [0, 0.1) is 5.82 Å². The van der Waals surface area contributed by atoms with Crippen molar-refractivity contribution >= 4 is 21.6 Å². The van der Waals surface area contributed by atoms with Crippen molar-refractivity contribution < 1.29 is 32.2 Å². The Kier molecular flexibility index (Phi) is 5.82. The van der Waals surface area contributed by atoms with Crippen LogP contribution in [0.4, 0.5) is 10.1 Å². The van der Waals surface area contributed by atoms with E-state index < -0.39 is 26.6 Å². The number of methoxy groups -OCH3 is 1. The number of phenolic OH excluding ortho intramolecular Hbond substituents is 1. The minimum absolute atomic E-state index is 0.0384. The van der Waals surface area contributed by atoms with E-state index in [1.807, 2.05) is 0 Å². The molecule has 0 spiro atoms. The highest BCUT2D eigenvalue weighted by Crippen LogP contribution is 2.29. The SMILES string of the molecule is COc1ccc(NC(=O)c2ccc(F)c(S(=O)(=O)N3CCOCC3)c2)cc1O. The maximum absolute atomic E-state index is 14.2. The molecule has 1 saturated heterocycles. The molecule has 0 aromatic heterocycles. The summed E-state index contributed by atoms with van der Waals surface area (Å²) in [4.78, 5) is 11.9. The summed E-state index contributed by atoms with van der Waals surface area (Å²) in [6, 6.07) is 7.37. The van der Waals surface area contributed by atoms with E-state index in [2.05, 4.69) is 5.32 Å². The van der Waals surface area contributed by atoms with Crippen LogP contribution in [-0.4, -0.2) is 57.1 Å². The Morgan fingerprint density at radius 2 is 1.93 bits per heavy atom. The summed E-state index contributed by atoms with van der Waals surface area (Å²) in [6.07, 6.45) is 0. The Balaban J connectivity index is 1.86. The molecule has 0 bridgehead atoms. The van der Waals surface area contributed by atoms with Gasteiger partial charge in [-0.3, -0.25) is 4.79 Å². The molecular formula is C18H19FN2O6S. The first-order valence-electron chi connectivity index (χ1n) is 8.38. The van der Waals surface area contributed by atoms with Gasteiger partial charge in [0.05, 0.1) is 20.3 Å². The van der Waals surface area contributed by atoms with Crippen LogP contribution in [0.2, 0.25) is 0 Å². The molecule has 150 valence electrons. The monoisotopic (exact) mass is 410 g/mol. The van der Waals surface area contributed by atoms with E-state index in [0.717, 1.165) is 16.4 Å². The average Bonchev–Trinajstić information content (AvgIpc) is 2.69. The van der Waals surface area contributed by atoms with Crippen LogP contribution in [0.1, 0.15) is 10.4 Å². The number of morpholine rings is 1. The van der Waals surface area contributed by atoms with Gasteiger partial charge in [-0.25, -0.2) is 12.8 Å². The zero-order valence-electron chi connectivity index (χ0n) is 15.0. The number of ether oxygens (including phenoxy) is 2. The summed E-state index contributed by atoms with van der Waals surface area (Å²) in [6.45, 7) is 0.677. The van der Waals surface area contributed by atoms with Crippen LogP contribution in [0.25, 0.3) is 0 Å².